The first kappa shape index (κ1) is 25.8. The van der Waals surface area contributed by atoms with Gasteiger partial charge in [0.2, 0.25) is 11.7 Å². The van der Waals surface area contributed by atoms with Crippen LogP contribution in [0, 0.1) is 5.82 Å². The van der Waals surface area contributed by atoms with Crippen LogP contribution < -0.4 is 14.8 Å². The molecular weight excluding hydrogens is 476 g/mol. The molecule has 0 radical (unpaired) electrons. The molecular formula is C20H17ClF4N2O6. The van der Waals surface area contributed by atoms with Crippen molar-refractivity contribution in [3.05, 3.63) is 41.3 Å². The summed E-state index contributed by atoms with van der Waals surface area (Å²) in [6.07, 6.45) is -6.45. The van der Waals surface area contributed by atoms with Crippen molar-refractivity contribution in [2.24, 2.45) is 0 Å². The average molecular weight is 493 g/mol. The van der Waals surface area contributed by atoms with E-state index in [4.69, 9.17) is 25.8 Å². The number of Topliss-reactive ketones (excluding diaryl/α,β-unsaturated/α-hetero) is 1. The molecule has 0 aliphatic rings. The molecule has 0 aliphatic heterocycles. The number of anilines is 1. The second kappa shape index (κ2) is 10.9. The van der Waals surface area contributed by atoms with E-state index in [-0.39, 0.29) is 29.0 Å². The fourth-order valence-electron chi connectivity index (χ4n) is 2.28. The zero-order chi connectivity index (χ0) is 24.8. The minimum absolute atomic E-state index is 0.0494. The first-order valence-electron chi connectivity index (χ1n) is 9.27. The lowest BCUT2D eigenvalue weighted by Crippen LogP contribution is -2.28. The van der Waals surface area contributed by atoms with Crippen LogP contribution in [0.5, 0.6) is 17.4 Å². The van der Waals surface area contributed by atoms with Crippen LogP contribution in [0.2, 0.25) is 5.02 Å². The highest BCUT2D eigenvalue weighted by Crippen LogP contribution is 2.37. The number of hydrogen-bond acceptors (Lipinski definition) is 7. The van der Waals surface area contributed by atoms with Gasteiger partial charge in [-0.25, -0.2) is 14.2 Å². The molecule has 0 saturated carbocycles. The van der Waals surface area contributed by atoms with Crippen molar-refractivity contribution in [1.29, 1.82) is 0 Å². The highest BCUT2D eigenvalue weighted by Gasteiger charge is 2.39. The molecule has 0 saturated heterocycles. The zero-order valence-electron chi connectivity index (χ0n) is 17.2. The molecule has 1 aromatic heterocycles. The Labute approximate surface area is 189 Å². The number of carbonyl (C=O) groups is 3. The summed E-state index contributed by atoms with van der Waals surface area (Å²) in [7, 11) is 0. The number of pyridine rings is 1. The molecule has 1 heterocycles. The Morgan fingerprint density at radius 2 is 1.91 bits per heavy atom. The number of amides is 1. The number of rotatable bonds is 9. The number of nitrogens with zero attached hydrogens (tertiary/aromatic N) is 1. The number of aromatic nitrogens is 1. The molecule has 1 aromatic carbocycles. The van der Waals surface area contributed by atoms with Crippen molar-refractivity contribution in [3.8, 4) is 17.4 Å². The van der Waals surface area contributed by atoms with Gasteiger partial charge in [-0.1, -0.05) is 11.6 Å². The lowest BCUT2D eigenvalue weighted by atomic mass is 10.2. The van der Waals surface area contributed by atoms with E-state index in [1.165, 1.54) is 25.3 Å². The van der Waals surface area contributed by atoms with Crippen LogP contribution in [0.15, 0.2) is 30.5 Å². The largest absolute Gasteiger partial charge is 0.463 e. The van der Waals surface area contributed by atoms with Crippen LogP contribution in [0.25, 0.3) is 0 Å². The van der Waals surface area contributed by atoms with E-state index in [2.05, 4.69) is 4.98 Å². The Morgan fingerprint density at radius 1 is 1.21 bits per heavy atom. The van der Waals surface area contributed by atoms with Gasteiger partial charge in [0.25, 0.3) is 5.88 Å². The van der Waals surface area contributed by atoms with Crippen LogP contribution in [0.4, 0.5) is 23.2 Å². The number of ether oxygens (including phenoxy) is 3. The molecule has 1 atom stereocenters. The van der Waals surface area contributed by atoms with E-state index in [0.717, 1.165) is 12.1 Å². The highest BCUT2D eigenvalue weighted by atomic mass is 35.5. The van der Waals surface area contributed by atoms with E-state index in [1.807, 2.05) is 5.32 Å². The number of carbonyl (C=O) groups excluding carboxylic acids is 3. The number of nitrogens with one attached hydrogen (secondary N) is 1. The predicted molar refractivity (Wildman–Crippen MR) is 107 cm³/mol. The van der Waals surface area contributed by atoms with Crippen molar-refractivity contribution in [3.63, 3.8) is 0 Å². The smallest absolute Gasteiger partial charge is 0.450 e. The summed E-state index contributed by atoms with van der Waals surface area (Å²) < 4.78 is 66.9. The SMILES string of the molecule is CCOC(=O)C(C)Oc1ncccc1Oc1cc(NC(=O)CC(=O)C(F)(F)F)c(F)cc1Cl. The first-order chi connectivity index (χ1) is 15.4. The van der Waals surface area contributed by atoms with Crippen LogP contribution in [0.3, 0.4) is 0 Å². The molecule has 1 N–H and O–H groups in total. The molecule has 0 spiro atoms. The molecule has 33 heavy (non-hydrogen) atoms. The van der Waals surface area contributed by atoms with Gasteiger partial charge >= 0.3 is 12.1 Å². The van der Waals surface area contributed by atoms with Crippen LogP contribution >= 0.6 is 11.6 Å². The van der Waals surface area contributed by atoms with Gasteiger partial charge in [-0.05, 0) is 32.0 Å². The summed E-state index contributed by atoms with van der Waals surface area (Å²) in [5, 5.41) is 1.60. The molecule has 1 unspecified atom stereocenters. The summed E-state index contributed by atoms with van der Waals surface area (Å²) >= 11 is 5.97. The quantitative estimate of drug-likeness (QED) is 0.313. The molecule has 1 amide bonds. The summed E-state index contributed by atoms with van der Waals surface area (Å²) in [6.45, 7) is 3.16. The highest BCUT2D eigenvalue weighted by molar-refractivity contribution is 6.32. The Kier molecular flexibility index (Phi) is 8.57. The Hall–Kier alpha value is -3.41. The topological polar surface area (TPSA) is 104 Å². The molecule has 2 rings (SSSR count). The monoisotopic (exact) mass is 492 g/mol. The molecule has 2 aromatic rings. The van der Waals surface area contributed by atoms with Crippen LogP contribution in [-0.2, 0) is 19.1 Å². The van der Waals surface area contributed by atoms with E-state index in [0.29, 0.717) is 0 Å². The molecule has 178 valence electrons. The van der Waals surface area contributed by atoms with Crippen molar-refractivity contribution < 1.29 is 46.2 Å². The lowest BCUT2D eigenvalue weighted by Gasteiger charge is -2.16. The maximum atomic E-state index is 14.2. The van der Waals surface area contributed by atoms with Gasteiger partial charge in [-0.15, -0.1) is 0 Å². The maximum Gasteiger partial charge on any atom is 0.450 e. The zero-order valence-corrected chi connectivity index (χ0v) is 17.9. The number of halogens is 5. The third kappa shape index (κ3) is 7.31. The summed E-state index contributed by atoms with van der Waals surface area (Å²) in [5.41, 5.74) is -0.583. The molecule has 13 heteroatoms. The third-order valence-corrected chi connectivity index (χ3v) is 4.09. The van der Waals surface area contributed by atoms with Crippen molar-refractivity contribution in [2.45, 2.75) is 32.5 Å². The number of benzene rings is 1. The molecule has 0 aliphatic carbocycles. The minimum atomic E-state index is -5.21. The predicted octanol–water partition coefficient (Wildman–Crippen LogP) is 4.46. The van der Waals surface area contributed by atoms with Gasteiger partial charge in [0, 0.05) is 12.3 Å². The summed E-state index contributed by atoms with van der Waals surface area (Å²) in [6, 6.07) is 4.50. The van der Waals surface area contributed by atoms with E-state index in [9.17, 15) is 31.9 Å². The van der Waals surface area contributed by atoms with Gasteiger partial charge in [-0.3, -0.25) is 9.59 Å². The van der Waals surface area contributed by atoms with E-state index >= 15 is 0 Å². The van der Waals surface area contributed by atoms with Gasteiger partial charge in [0.1, 0.15) is 11.6 Å². The Morgan fingerprint density at radius 3 is 2.55 bits per heavy atom. The van der Waals surface area contributed by atoms with Gasteiger partial charge in [-0.2, -0.15) is 13.2 Å². The van der Waals surface area contributed by atoms with Gasteiger partial charge in [0.15, 0.2) is 11.9 Å². The van der Waals surface area contributed by atoms with Gasteiger partial charge < -0.3 is 19.5 Å². The first-order valence-corrected chi connectivity index (χ1v) is 9.65. The van der Waals surface area contributed by atoms with Crippen molar-refractivity contribution >= 4 is 34.9 Å². The molecule has 0 fully saturated rings. The number of alkyl halides is 3. The second-order valence-electron chi connectivity index (χ2n) is 6.33. The van der Waals surface area contributed by atoms with Crippen LogP contribution in [0.1, 0.15) is 20.3 Å². The Bertz CT molecular complexity index is 1050. The minimum Gasteiger partial charge on any atom is -0.463 e. The maximum absolute atomic E-state index is 14.2. The van der Waals surface area contributed by atoms with Crippen molar-refractivity contribution in [2.75, 3.05) is 11.9 Å². The average Bonchev–Trinajstić information content (AvgIpc) is 2.72. The molecule has 8 nitrogen and oxygen atoms in total. The fraction of sp³-hybridized carbons (Fsp3) is 0.300. The fourth-order valence-corrected chi connectivity index (χ4v) is 2.47. The number of hydrogen-bond donors (Lipinski definition) is 1. The normalized spacial score (nSPS) is 12.0. The Balaban J connectivity index is 2.23. The van der Waals surface area contributed by atoms with Crippen molar-refractivity contribution in [1.82, 2.24) is 4.98 Å². The summed E-state index contributed by atoms with van der Waals surface area (Å²) in [4.78, 5) is 38.4. The number of ketones is 1. The standard InChI is InChI=1S/C20H17ClF4N2O6/c1-3-31-19(30)10(2)32-18-14(5-4-6-26-18)33-15-8-13(12(22)7-11(15)21)27-17(29)9-16(28)20(23,24)25/h4-8,10H,3,9H2,1-2H3,(H,27,29). The third-order valence-electron chi connectivity index (χ3n) is 3.80. The lowest BCUT2D eigenvalue weighted by molar-refractivity contribution is -0.171. The molecule has 0 bridgehead atoms. The van der Waals surface area contributed by atoms with Crippen LogP contribution in [-0.4, -0.2) is 41.5 Å². The summed E-state index contributed by atoms with van der Waals surface area (Å²) in [5.74, 6) is -5.84. The number of esters is 1. The van der Waals surface area contributed by atoms with Gasteiger partial charge in [0.05, 0.1) is 23.7 Å². The second-order valence-corrected chi connectivity index (χ2v) is 6.74. The van der Waals surface area contributed by atoms with E-state index < -0.39 is 47.9 Å². The van der Waals surface area contributed by atoms with E-state index in [1.54, 1.807) is 6.92 Å².